The third-order valence-corrected chi connectivity index (χ3v) is 6.47. The fourth-order valence-corrected chi connectivity index (χ4v) is 4.39. The van der Waals surface area contributed by atoms with E-state index in [1.165, 1.54) is 12.1 Å². The molecule has 2 aromatic rings. The van der Waals surface area contributed by atoms with Gasteiger partial charge in [-0.25, -0.2) is 18.5 Å². The number of sulfonamides is 1. The van der Waals surface area contributed by atoms with Crippen LogP contribution in [0, 0.1) is 6.92 Å². The Kier molecular flexibility index (Phi) is 6.43. The lowest BCUT2D eigenvalue weighted by Gasteiger charge is -2.24. The van der Waals surface area contributed by atoms with Gasteiger partial charge in [0.15, 0.2) is 5.11 Å². The van der Waals surface area contributed by atoms with Crippen molar-refractivity contribution in [3.8, 4) is 0 Å². The van der Waals surface area contributed by atoms with Crippen molar-refractivity contribution in [2.24, 2.45) is 5.14 Å². The van der Waals surface area contributed by atoms with Crippen LogP contribution in [0.3, 0.4) is 0 Å². The van der Waals surface area contributed by atoms with Crippen molar-refractivity contribution in [2.75, 3.05) is 31.5 Å². The molecule has 0 bridgehead atoms. The van der Waals surface area contributed by atoms with Gasteiger partial charge in [-0.2, -0.15) is 0 Å². The zero-order valence-electron chi connectivity index (χ0n) is 15.1. The number of thiazole rings is 1. The second kappa shape index (κ2) is 8.61. The molecular formula is C17H23N5O2S3. The van der Waals surface area contributed by atoms with Crippen LogP contribution in [-0.4, -0.2) is 54.5 Å². The second-order valence-corrected chi connectivity index (χ2v) is 9.48. The zero-order valence-corrected chi connectivity index (χ0v) is 17.5. The number of nitrogens with one attached hydrogen (secondary N) is 1. The number of aryl methyl sites for hydroxylation is 1. The predicted molar refractivity (Wildman–Crippen MR) is 112 cm³/mol. The highest BCUT2D eigenvalue weighted by Gasteiger charge is 2.18. The number of nitrogens with two attached hydrogens (primary N) is 1. The fourth-order valence-electron chi connectivity index (χ4n) is 2.97. The van der Waals surface area contributed by atoms with Crippen LogP contribution < -0.4 is 10.5 Å². The quantitative estimate of drug-likeness (QED) is 0.724. The van der Waals surface area contributed by atoms with Crippen molar-refractivity contribution in [1.29, 1.82) is 0 Å². The maximum absolute atomic E-state index is 11.3. The van der Waals surface area contributed by atoms with Gasteiger partial charge in [0.1, 0.15) is 0 Å². The number of anilines is 1. The number of hydrogen-bond acceptors (Lipinski definition) is 6. The summed E-state index contributed by atoms with van der Waals surface area (Å²) in [5, 5.41) is 12.2. The molecule has 0 amide bonds. The minimum Gasteiger partial charge on any atom is -0.348 e. The summed E-state index contributed by atoms with van der Waals surface area (Å²) in [5.74, 6) is 0. The topological polar surface area (TPSA) is 91.6 Å². The molecule has 1 aliphatic heterocycles. The number of rotatable bonds is 4. The van der Waals surface area contributed by atoms with E-state index in [0.717, 1.165) is 55.5 Å². The van der Waals surface area contributed by atoms with Gasteiger partial charge in [0.25, 0.3) is 0 Å². The van der Waals surface area contributed by atoms with Crippen molar-refractivity contribution < 1.29 is 8.42 Å². The van der Waals surface area contributed by atoms with Crippen molar-refractivity contribution in [1.82, 2.24) is 14.8 Å². The summed E-state index contributed by atoms with van der Waals surface area (Å²) in [5.41, 5.74) is 1.87. The van der Waals surface area contributed by atoms with Crippen LogP contribution >= 0.6 is 23.6 Å². The van der Waals surface area contributed by atoms with Gasteiger partial charge < -0.3 is 10.2 Å². The van der Waals surface area contributed by atoms with Crippen molar-refractivity contribution in [3.63, 3.8) is 0 Å². The molecule has 1 aliphatic rings. The highest BCUT2D eigenvalue weighted by atomic mass is 32.2. The van der Waals surface area contributed by atoms with Gasteiger partial charge in [0, 0.05) is 43.8 Å². The van der Waals surface area contributed by atoms with E-state index in [1.807, 2.05) is 6.92 Å². The number of nitrogens with zero attached hydrogens (tertiary/aromatic N) is 3. The molecule has 27 heavy (non-hydrogen) atoms. The van der Waals surface area contributed by atoms with Crippen molar-refractivity contribution in [2.45, 2.75) is 24.8 Å². The summed E-state index contributed by atoms with van der Waals surface area (Å²) in [6.07, 6.45) is 1.02. The maximum Gasteiger partial charge on any atom is 0.238 e. The van der Waals surface area contributed by atoms with Crippen molar-refractivity contribution in [3.05, 3.63) is 40.3 Å². The molecule has 1 aromatic carbocycles. The average molecular weight is 426 g/mol. The highest BCUT2D eigenvalue weighted by molar-refractivity contribution is 7.89. The number of primary sulfonamides is 1. The lowest BCUT2D eigenvalue weighted by atomic mass is 10.3. The van der Waals surface area contributed by atoms with Crippen LogP contribution in [0.4, 0.5) is 5.69 Å². The van der Waals surface area contributed by atoms with Gasteiger partial charge in [0.05, 0.1) is 15.6 Å². The first-order valence-corrected chi connectivity index (χ1v) is 11.5. The number of thiocarbonyl (C=S) groups is 1. The molecule has 146 valence electrons. The normalized spacial score (nSPS) is 16.1. The van der Waals surface area contributed by atoms with E-state index in [0.29, 0.717) is 5.11 Å². The van der Waals surface area contributed by atoms with Gasteiger partial charge in [-0.15, -0.1) is 11.3 Å². The standard InChI is InChI=1S/C17H23N5O2S3/c1-13-19-15(12-26-13)11-21-7-2-8-22(10-9-21)17(25)20-14-3-5-16(6-4-14)27(18,23)24/h3-6,12H,2,7-11H2,1H3,(H,20,25)(H2,18,23,24). The van der Waals surface area contributed by atoms with E-state index in [4.69, 9.17) is 17.4 Å². The first-order valence-electron chi connectivity index (χ1n) is 8.63. The highest BCUT2D eigenvalue weighted by Crippen LogP contribution is 2.15. The lowest BCUT2D eigenvalue weighted by Crippen LogP contribution is -2.37. The largest absolute Gasteiger partial charge is 0.348 e. The number of aromatic nitrogens is 1. The molecule has 1 saturated heterocycles. The van der Waals surface area contributed by atoms with E-state index in [-0.39, 0.29) is 4.90 Å². The Morgan fingerprint density at radius 3 is 2.63 bits per heavy atom. The molecule has 3 rings (SSSR count). The summed E-state index contributed by atoms with van der Waals surface area (Å²) in [7, 11) is -3.68. The molecule has 0 unspecified atom stereocenters. The third-order valence-electron chi connectivity index (χ3n) is 4.36. The van der Waals surface area contributed by atoms with E-state index < -0.39 is 10.0 Å². The smallest absolute Gasteiger partial charge is 0.238 e. The van der Waals surface area contributed by atoms with Gasteiger partial charge in [0.2, 0.25) is 10.0 Å². The Hall–Kier alpha value is -1.59. The molecule has 3 N–H and O–H groups in total. The summed E-state index contributed by atoms with van der Waals surface area (Å²) in [6, 6.07) is 6.28. The first kappa shape index (κ1) is 20.2. The van der Waals surface area contributed by atoms with E-state index in [2.05, 4.69) is 25.5 Å². The van der Waals surface area contributed by atoms with Crippen LogP contribution in [0.25, 0.3) is 0 Å². The van der Waals surface area contributed by atoms with Crippen LogP contribution in [0.15, 0.2) is 34.5 Å². The summed E-state index contributed by atoms with van der Waals surface area (Å²) in [6.45, 7) is 6.55. The molecular weight excluding hydrogens is 402 g/mol. The van der Waals surface area contributed by atoms with E-state index in [1.54, 1.807) is 23.5 Å². The van der Waals surface area contributed by atoms with Crippen LogP contribution in [0.5, 0.6) is 0 Å². The van der Waals surface area contributed by atoms with Gasteiger partial charge in [-0.1, -0.05) is 0 Å². The Balaban J connectivity index is 1.54. The van der Waals surface area contributed by atoms with Crippen molar-refractivity contribution >= 4 is 44.4 Å². The summed E-state index contributed by atoms with van der Waals surface area (Å²) < 4.78 is 22.7. The summed E-state index contributed by atoms with van der Waals surface area (Å²) >= 11 is 7.22. The number of hydrogen-bond donors (Lipinski definition) is 2. The minimum atomic E-state index is -3.68. The molecule has 2 heterocycles. The molecule has 7 nitrogen and oxygen atoms in total. The monoisotopic (exact) mass is 425 g/mol. The molecule has 0 atom stereocenters. The molecule has 1 aromatic heterocycles. The SMILES string of the molecule is Cc1nc(CN2CCCN(C(=S)Nc3ccc(S(N)(=O)=O)cc3)CC2)cs1. The third kappa shape index (κ3) is 5.69. The van der Waals surface area contributed by atoms with Gasteiger partial charge in [-0.05, 0) is 49.8 Å². The molecule has 0 saturated carbocycles. The Bertz CT molecular complexity index is 896. The average Bonchev–Trinajstić information content (AvgIpc) is 2.87. The van der Waals surface area contributed by atoms with Gasteiger partial charge >= 0.3 is 0 Å². The Labute approximate surface area is 169 Å². The molecule has 1 fully saturated rings. The number of benzene rings is 1. The summed E-state index contributed by atoms with van der Waals surface area (Å²) in [4.78, 5) is 9.18. The van der Waals surface area contributed by atoms with E-state index in [9.17, 15) is 8.42 Å². The van der Waals surface area contributed by atoms with Crippen LogP contribution in [0.2, 0.25) is 0 Å². The fraction of sp³-hybridized carbons (Fsp3) is 0.412. The molecule has 10 heteroatoms. The van der Waals surface area contributed by atoms with Crippen LogP contribution in [-0.2, 0) is 16.6 Å². The predicted octanol–water partition coefficient (Wildman–Crippen LogP) is 2.00. The lowest BCUT2D eigenvalue weighted by molar-refractivity contribution is 0.275. The first-order chi connectivity index (χ1) is 12.8. The van der Waals surface area contributed by atoms with Gasteiger partial charge in [-0.3, -0.25) is 4.90 Å². The maximum atomic E-state index is 11.3. The molecule has 0 radical (unpaired) electrons. The Morgan fingerprint density at radius 2 is 2.00 bits per heavy atom. The van der Waals surface area contributed by atoms with Crippen LogP contribution in [0.1, 0.15) is 17.1 Å². The van der Waals surface area contributed by atoms with E-state index >= 15 is 0 Å². The molecule has 0 aliphatic carbocycles. The second-order valence-electron chi connectivity index (χ2n) is 6.47. The zero-order chi connectivity index (χ0) is 19.4. The Morgan fingerprint density at radius 1 is 1.26 bits per heavy atom. The minimum absolute atomic E-state index is 0.0849. The molecule has 0 spiro atoms.